The Hall–Kier alpha value is -1.56. The van der Waals surface area contributed by atoms with Gasteiger partial charge in [0, 0.05) is 24.6 Å². The SMILES string of the molecule is CNC(=O)C1(C)CCN(c2cc(Br)ccc2C(=O)O)C1. The van der Waals surface area contributed by atoms with Crippen LogP contribution in [0.3, 0.4) is 0 Å². The molecule has 1 aromatic carbocycles. The summed E-state index contributed by atoms with van der Waals surface area (Å²) in [5.74, 6) is -0.965. The summed E-state index contributed by atoms with van der Waals surface area (Å²) in [6.45, 7) is 3.09. The van der Waals surface area contributed by atoms with Crippen molar-refractivity contribution in [2.24, 2.45) is 5.41 Å². The minimum Gasteiger partial charge on any atom is -0.478 e. The molecule has 20 heavy (non-hydrogen) atoms. The van der Waals surface area contributed by atoms with Gasteiger partial charge in [0.25, 0.3) is 0 Å². The van der Waals surface area contributed by atoms with Gasteiger partial charge in [0.2, 0.25) is 5.91 Å². The van der Waals surface area contributed by atoms with E-state index < -0.39 is 11.4 Å². The van der Waals surface area contributed by atoms with Gasteiger partial charge in [-0.05, 0) is 31.5 Å². The van der Waals surface area contributed by atoms with Gasteiger partial charge in [-0.15, -0.1) is 0 Å². The molecular formula is C14H17BrN2O3. The van der Waals surface area contributed by atoms with Gasteiger partial charge in [0.05, 0.1) is 16.7 Å². The molecule has 1 aliphatic heterocycles. The molecule has 0 bridgehead atoms. The maximum atomic E-state index is 11.9. The number of benzene rings is 1. The summed E-state index contributed by atoms with van der Waals surface area (Å²) in [6, 6.07) is 5.08. The zero-order valence-corrected chi connectivity index (χ0v) is 13.0. The Kier molecular flexibility index (Phi) is 4.04. The zero-order valence-electron chi connectivity index (χ0n) is 11.4. The minimum absolute atomic E-state index is 0.00753. The Balaban J connectivity index is 2.33. The van der Waals surface area contributed by atoms with Gasteiger partial charge >= 0.3 is 5.97 Å². The van der Waals surface area contributed by atoms with E-state index in [0.29, 0.717) is 25.2 Å². The largest absolute Gasteiger partial charge is 0.478 e. The van der Waals surface area contributed by atoms with Crippen LogP contribution in [-0.4, -0.2) is 37.1 Å². The normalized spacial score (nSPS) is 21.9. The second-order valence-corrected chi connectivity index (χ2v) is 6.19. The van der Waals surface area contributed by atoms with Crippen molar-refractivity contribution < 1.29 is 14.7 Å². The minimum atomic E-state index is -0.957. The van der Waals surface area contributed by atoms with Crippen molar-refractivity contribution in [2.45, 2.75) is 13.3 Å². The summed E-state index contributed by atoms with van der Waals surface area (Å²) >= 11 is 3.36. The highest BCUT2D eigenvalue weighted by Crippen LogP contribution is 2.36. The zero-order chi connectivity index (χ0) is 14.9. The lowest BCUT2D eigenvalue weighted by Crippen LogP contribution is -2.39. The van der Waals surface area contributed by atoms with Gasteiger partial charge in [-0.2, -0.15) is 0 Å². The summed E-state index contributed by atoms with van der Waals surface area (Å²) in [6.07, 6.45) is 0.707. The molecule has 0 aromatic heterocycles. The molecule has 1 saturated heterocycles. The molecule has 2 N–H and O–H groups in total. The fourth-order valence-electron chi connectivity index (χ4n) is 2.60. The molecule has 0 spiro atoms. The van der Waals surface area contributed by atoms with E-state index >= 15 is 0 Å². The molecule has 1 aliphatic rings. The molecule has 5 nitrogen and oxygen atoms in total. The third-order valence-corrected chi connectivity index (χ3v) is 4.27. The van der Waals surface area contributed by atoms with Gasteiger partial charge in [-0.1, -0.05) is 15.9 Å². The standard InChI is InChI=1S/C14H17BrN2O3/c1-14(13(20)16-2)5-6-17(8-14)11-7-9(15)3-4-10(11)12(18)19/h3-4,7H,5-6,8H2,1-2H3,(H,16,20)(H,18,19). The van der Waals surface area contributed by atoms with Crippen molar-refractivity contribution in [3.63, 3.8) is 0 Å². The van der Waals surface area contributed by atoms with E-state index in [1.807, 2.05) is 11.8 Å². The van der Waals surface area contributed by atoms with E-state index in [2.05, 4.69) is 21.2 Å². The number of amides is 1. The number of carboxylic acid groups (broad SMARTS) is 1. The number of aromatic carboxylic acids is 1. The van der Waals surface area contributed by atoms with Gasteiger partial charge < -0.3 is 15.3 Å². The number of rotatable bonds is 3. The van der Waals surface area contributed by atoms with E-state index in [1.165, 1.54) is 0 Å². The van der Waals surface area contributed by atoms with Crippen molar-refractivity contribution in [1.29, 1.82) is 0 Å². The van der Waals surface area contributed by atoms with Crippen LogP contribution in [0.1, 0.15) is 23.7 Å². The van der Waals surface area contributed by atoms with Crippen molar-refractivity contribution in [3.8, 4) is 0 Å². The first-order chi connectivity index (χ1) is 9.37. The number of hydrogen-bond donors (Lipinski definition) is 2. The number of nitrogens with one attached hydrogen (secondary N) is 1. The number of carbonyl (C=O) groups excluding carboxylic acids is 1. The Morgan fingerprint density at radius 1 is 1.45 bits per heavy atom. The number of carbonyl (C=O) groups is 2. The lowest BCUT2D eigenvalue weighted by atomic mass is 9.89. The summed E-state index contributed by atoms with van der Waals surface area (Å²) in [5.41, 5.74) is 0.432. The average Bonchev–Trinajstić information content (AvgIpc) is 2.81. The second kappa shape index (κ2) is 5.44. The molecule has 6 heteroatoms. The smallest absolute Gasteiger partial charge is 0.337 e. The number of carboxylic acids is 1. The van der Waals surface area contributed by atoms with Crippen molar-refractivity contribution in [3.05, 3.63) is 28.2 Å². The van der Waals surface area contributed by atoms with Gasteiger partial charge in [-0.3, -0.25) is 4.79 Å². The highest BCUT2D eigenvalue weighted by Gasteiger charge is 2.40. The van der Waals surface area contributed by atoms with Crippen LogP contribution in [0.15, 0.2) is 22.7 Å². The number of halogens is 1. The molecule has 1 unspecified atom stereocenters. The van der Waals surface area contributed by atoms with E-state index in [4.69, 9.17) is 0 Å². The Morgan fingerprint density at radius 3 is 2.75 bits per heavy atom. The van der Waals surface area contributed by atoms with Crippen molar-refractivity contribution in [1.82, 2.24) is 5.32 Å². The molecular weight excluding hydrogens is 324 g/mol. The summed E-state index contributed by atoms with van der Waals surface area (Å²) < 4.78 is 0.825. The molecule has 1 atom stereocenters. The van der Waals surface area contributed by atoms with Gasteiger partial charge in [0.1, 0.15) is 0 Å². The Labute approximate surface area is 126 Å². The highest BCUT2D eigenvalue weighted by atomic mass is 79.9. The van der Waals surface area contributed by atoms with Gasteiger partial charge in [0.15, 0.2) is 0 Å². The highest BCUT2D eigenvalue weighted by molar-refractivity contribution is 9.10. The van der Waals surface area contributed by atoms with Crippen LogP contribution >= 0.6 is 15.9 Å². The predicted octanol–water partition coefficient (Wildman–Crippen LogP) is 2.11. The average molecular weight is 341 g/mol. The Morgan fingerprint density at radius 2 is 2.15 bits per heavy atom. The van der Waals surface area contributed by atoms with Crippen molar-refractivity contribution >= 4 is 33.5 Å². The number of anilines is 1. The van der Waals surface area contributed by atoms with Crippen molar-refractivity contribution in [2.75, 3.05) is 25.0 Å². The molecule has 108 valence electrons. The first kappa shape index (κ1) is 14.8. The van der Waals surface area contributed by atoms with Crippen LogP contribution in [0.25, 0.3) is 0 Å². The fourth-order valence-corrected chi connectivity index (χ4v) is 2.95. The summed E-state index contributed by atoms with van der Waals surface area (Å²) in [4.78, 5) is 25.2. The van der Waals surface area contributed by atoms with Crippen LogP contribution in [0, 0.1) is 5.41 Å². The molecule has 2 rings (SSSR count). The van der Waals surface area contributed by atoms with E-state index in [-0.39, 0.29) is 11.5 Å². The fraction of sp³-hybridized carbons (Fsp3) is 0.429. The lowest BCUT2D eigenvalue weighted by Gasteiger charge is -2.25. The summed E-state index contributed by atoms with van der Waals surface area (Å²) in [5, 5.41) is 12.0. The predicted molar refractivity (Wildman–Crippen MR) is 80.1 cm³/mol. The molecule has 1 fully saturated rings. The molecule has 0 aliphatic carbocycles. The third-order valence-electron chi connectivity index (χ3n) is 3.78. The Bertz CT molecular complexity index is 561. The number of nitrogens with zero attached hydrogens (tertiary/aromatic N) is 1. The van der Waals surface area contributed by atoms with Crippen LogP contribution in [0.5, 0.6) is 0 Å². The summed E-state index contributed by atoms with van der Waals surface area (Å²) in [7, 11) is 1.62. The first-order valence-corrected chi connectivity index (χ1v) is 7.17. The molecule has 0 saturated carbocycles. The molecule has 1 heterocycles. The quantitative estimate of drug-likeness (QED) is 0.884. The maximum Gasteiger partial charge on any atom is 0.337 e. The van der Waals surface area contributed by atoms with Gasteiger partial charge in [-0.25, -0.2) is 4.79 Å². The van der Waals surface area contributed by atoms with Crippen LogP contribution in [0.2, 0.25) is 0 Å². The lowest BCUT2D eigenvalue weighted by molar-refractivity contribution is -0.128. The third kappa shape index (κ3) is 2.65. The topological polar surface area (TPSA) is 69.6 Å². The first-order valence-electron chi connectivity index (χ1n) is 6.37. The maximum absolute atomic E-state index is 11.9. The molecule has 1 amide bonds. The van der Waals surface area contributed by atoms with E-state index in [0.717, 1.165) is 4.47 Å². The molecule has 1 aromatic rings. The molecule has 0 radical (unpaired) electrons. The van der Waals surface area contributed by atoms with Crippen LogP contribution in [0.4, 0.5) is 5.69 Å². The second-order valence-electron chi connectivity index (χ2n) is 5.28. The van der Waals surface area contributed by atoms with E-state index in [1.54, 1.807) is 25.2 Å². The monoisotopic (exact) mass is 340 g/mol. The number of hydrogen-bond acceptors (Lipinski definition) is 3. The van der Waals surface area contributed by atoms with Crippen LogP contribution in [-0.2, 0) is 4.79 Å². The van der Waals surface area contributed by atoms with E-state index in [9.17, 15) is 14.7 Å². The van der Waals surface area contributed by atoms with Crippen LogP contribution < -0.4 is 10.2 Å².